The van der Waals surface area contributed by atoms with E-state index in [-0.39, 0.29) is 0 Å². The van der Waals surface area contributed by atoms with Crippen molar-refractivity contribution in [3.63, 3.8) is 0 Å². The van der Waals surface area contributed by atoms with Crippen LogP contribution in [0.1, 0.15) is 6.92 Å². The van der Waals surface area contributed by atoms with E-state index in [9.17, 15) is 0 Å². The zero-order chi connectivity index (χ0) is 5.33. The van der Waals surface area contributed by atoms with Gasteiger partial charge in [-0.25, -0.2) is 0 Å². The molecule has 0 unspecified atom stereocenters. The molecular weight excluding hydrogens is 128 g/mol. The monoisotopic (exact) mass is 136 g/mol. The SMILES string of the molecule is CC1(O)SCCS1. The van der Waals surface area contributed by atoms with Crippen LogP contribution < -0.4 is 0 Å². The van der Waals surface area contributed by atoms with Gasteiger partial charge in [-0.3, -0.25) is 0 Å². The highest BCUT2D eigenvalue weighted by molar-refractivity contribution is 8.20. The molecule has 0 saturated carbocycles. The lowest BCUT2D eigenvalue weighted by Crippen LogP contribution is -2.06. The van der Waals surface area contributed by atoms with E-state index in [4.69, 9.17) is 5.11 Å². The normalized spacial score (nSPS) is 28.3. The molecule has 7 heavy (non-hydrogen) atoms. The van der Waals surface area contributed by atoms with Crippen LogP contribution in [0.2, 0.25) is 0 Å². The third-order valence-corrected chi connectivity index (χ3v) is 3.68. The molecule has 0 aromatic heterocycles. The Morgan fingerprint density at radius 2 is 1.86 bits per heavy atom. The van der Waals surface area contributed by atoms with E-state index >= 15 is 0 Å². The summed E-state index contributed by atoms with van der Waals surface area (Å²) in [6.45, 7) is 1.84. The molecular formula is C4H8OS2. The second-order valence-electron chi connectivity index (χ2n) is 1.59. The molecule has 1 aliphatic rings. The highest BCUT2D eigenvalue weighted by Gasteiger charge is 2.26. The molecule has 0 aromatic rings. The Morgan fingerprint density at radius 1 is 1.43 bits per heavy atom. The smallest absolute Gasteiger partial charge is 0.154 e. The Hall–Kier alpha value is 0.660. The molecule has 1 N–H and O–H groups in total. The molecule has 1 heterocycles. The number of thioether (sulfide) groups is 2. The lowest BCUT2D eigenvalue weighted by Gasteiger charge is -2.10. The molecule has 0 bridgehead atoms. The molecule has 42 valence electrons. The van der Waals surface area contributed by atoms with E-state index in [1.807, 2.05) is 6.92 Å². The van der Waals surface area contributed by atoms with Crippen LogP contribution in [0, 0.1) is 0 Å². The van der Waals surface area contributed by atoms with E-state index in [0.29, 0.717) is 0 Å². The Labute approximate surface area is 51.9 Å². The van der Waals surface area contributed by atoms with Gasteiger partial charge in [-0.1, -0.05) is 0 Å². The van der Waals surface area contributed by atoms with Gasteiger partial charge in [0.05, 0.1) is 0 Å². The molecule has 1 rings (SSSR count). The van der Waals surface area contributed by atoms with Crippen molar-refractivity contribution in [2.45, 2.75) is 11.2 Å². The van der Waals surface area contributed by atoms with Gasteiger partial charge in [-0.2, -0.15) is 0 Å². The molecule has 3 heteroatoms. The first-order valence-corrected chi connectivity index (χ1v) is 4.18. The standard InChI is InChI=1S/C4H8OS2/c1-4(5)6-2-3-7-4/h5H,2-3H2,1H3. The minimum atomic E-state index is -0.472. The summed E-state index contributed by atoms with van der Waals surface area (Å²) < 4.78 is -0.472. The fourth-order valence-corrected chi connectivity index (χ4v) is 2.76. The largest absolute Gasteiger partial charge is 0.370 e. The van der Waals surface area contributed by atoms with Crippen molar-refractivity contribution in [1.82, 2.24) is 0 Å². The molecule has 0 radical (unpaired) electrons. The second kappa shape index (κ2) is 1.88. The van der Waals surface area contributed by atoms with Crippen LogP contribution in [-0.4, -0.2) is 20.9 Å². The van der Waals surface area contributed by atoms with E-state index in [1.165, 1.54) is 0 Å². The minimum Gasteiger partial charge on any atom is -0.370 e. The summed E-state index contributed by atoms with van der Waals surface area (Å²) in [7, 11) is 0. The number of aliphatic hydroxyl groups is 1. The van der Waals surface area contributed by atoms with Crippen molar-refractivity contribution in [3.8, 4) is 0 Å². The molecule has 1 nitrogen and oxygen atoms in total. The van der Waals surface area contributed by atoms with E-state index < -0.39 is 4.27 Å². The van der Waals surface area contributed by atoms with Gasteiger partial charge < -0.3 is 5.11 Å². The topological polar surface area (TPSA) is 20.2 Å². The van der Waals surface area contributed by atoms with E-state index in [0.717, 1.165) is 11.5 Å². The Bertz CT molecular complexity index is 64.1. The van der Waals surface area contributed by atoms with Crippen molar-refractivity contribution in [3.05, 3.63) is 0 Å². The van der Waals surface area contributed by atoms with E-state index in [1.54, 1.807) is 23.5 Å². The first kappa shape index (κ1) is 5.79. The summed E-state index contributed by atoms with van der Waals surface area (Å²) in [6, 6.07) is 0. The molecule has 1 saturated heterocycles. The lowest BCUT2D eigenvalue weighted by molar-refractivity contribution is 0.253. The number of rotatable bonds is 0. The maximum absolute atomic E-state index is 9.12. The van der Waals surface area contributed by atoms with Crippen LogP contribution in [0.3, 0.4) is 0 Å². The summed E-state index contributed by atoms with van der Waals surface area (Å²) in [5.41, 5.74) is 0. The maximum atomic E-state index is 9.12. The average Bonchev–Trinajstić information content (AvgIpc) is 1.84. The van der Waals surface area contributed by atoms with Crippen LogP contribution in [0.25, 0.3) is 0 Å². The first-order chi connectivity index (χ1) is 3.21. The Balaban J connectivity index is 2.40. The average molecular weight is 136 g/mol. The van der Waals surface area contributed by atoms with Gasteiger partial charge in [0.15, 0.2) is 4.27 Å². The van der Waals surface area contributed by atoms with Crippen molar-refractivity contribution >= 4 is 23.5 Å². The van der Waals surface area contributed by atoms with Crippen LogP contribution >= 0.6 is 23.5 Å². The highest BCUT2D eigenvalue weighted by Crippen LogP contribution is 2.40. The quantitative estimate of drug-likeness (QED) is 0.539. The summed E-state index contributed by atoms with van der Waals surface area (Å²) >= 11 is 3.24. The van der Waals surface area contributed by atoms with Crippen LogP contribution in [0.15, 0.2) is 0 Å². The summed E-state index contributed by atoms with van der Waals surface area (Å²) in [6.07, 6.45) is 0. The predicted molar refractivity (Wildman–Crippen MR) is 35.5 cm³/mol. The van der Waals surface area contributed by atoms with Gasteiger partial charge in [-0.05, 0) is 6.92 Å². The Kier molecular flexibility index (Phi) is 1.55. The summed E-state index contributed by atoms with van der Waals surface area (Å²) in [5.74, 6) is 2.19. The third-order valence-electron chi connectivity index (χ3n) is 0.823. The fourth-order valence-electron chi connectivity index (χ4n) is 0.504. The van der Waals surface area contributed by atoms with Gasteiger partial charge in [0.25, 0.3) is 0 Å². The summed E-state index contributed by atoms with van der Waals surface area (Å²) in [5, 5.41) is 9.12. The number of hydrogen-bond acceptors (Lipinski definition) is 3. The maximum Gasteiger partial charge on any atom is 0.154 e. The van der Waals surface area contributed by atoms with Crippen molar-refractivity contribution in [2.75, 3.05) is 11.5 Å². The second-order valence-corrected chi connectivity index (χ2v) is 4.84. The van der Waals surface area contributed by atoms with Crippen molar-refractivity contribution < 1.29 is 5.11 Å². The van der Waals surface area contributed by atoms with Crippen LogP contribution in [-0.2, 0) is 0 Å². The fraction of sp³-hybridized carbons (Fsp3) is 1.00. The molecule has 1 aliphatic heterocycles. The van der Waals surface area contributed by atoms with E-state index in [2.05, 4.69) is 0 Å². The predicted octanol–water partition coefficient (Wildman–Crippen LogP) is 1.13. The lowest BCUT2D eigenvalue weighted by atomic mass is 10.9. The summed E-state index contributed by atoms with van der Waals surface area (Å²) in [4.78, 5) is 0. The number of hydrogen-bond donors (Lipinski definition) is 1. The van der Waals surface area contributed by atoms with Crippen molar-refractivity contribution in [2.24, 2.45) is 0 Å². The first-order valence-electron chi connectivity index (χ1n) is 2.21. The molecule has 1 fully saturated rings. The highest BCUT2D eigenvalue weighted by atomic mass is 32.2. The van der Waals surface area contributed by atoms with Crippen LogP contribution in [0.5, 0.6) is 0 Å². The van der Waals surface area contributed by atoms with Crippen molar-refractivity contribution in [1.29, 1.82) is 0 Å². The Morgan fingerprint density at radius 3 is 2.00 bits per heavy atom. The van der Waals surface area contributed by atoms with Crippen LogP contribution in [0.4, 0.5) is 0 Å². The third kappa shape index (κ3) is 1.55. The van der Waals surface area contributed by atoms with Gasteiger partial charge >= 0.3 is 0 Å². The van der Waals surface area contributed by atoms with Gasteiger partial charge in [0.2, 0.25) is 0 Å². The molecule has 0 amide bonds. The zero-order valence-corrected chi connectivity index (χ0v) is 5.81. The molecule has 0 spiro atoms. The molecule has 0 atom stereocenters. The molecule has 0 aliphatic carbocycles. The minimum absolute atomic E-state index is 0.472. The molecule has 0 aromatic carbocycles. The van der Waals surface area contributed by atoms with Gasteiger partial charge in [0.1, 0.15) is 0 Å². The van der Waals surface area contributed by atoms with Gasteiger partial charge in [0, 0.05) is 11.5 Å². The zero-order valence-electron chi connectivity index (χ0n) is 4.18. The van der Waals surface area contributed by atoms with Gasteiger partial charge in [-0.15, -0.1) is 23.5 Å².